The van der Waals surface area contributed by atoms with Gasteiger partial charge in [-0.15, -0.1) is 0 Å². The number of aliphatic hydroxyl groups excluding tert-OH is 2. The molecule has 0 aromatic heterocycles. The zero-order chi connectivity index (χ0) is 29.3. The SMILES string of the molecule is C=C1/C(=C\C=C\[C@@H]2CC[C@](C)([C@@H](C)CC(C)CC#CC(O)(C(F)(F)F)C(F)(F)F)C2(C)C)C[C@@H](O)C[C@@H]1O. The Morgan fingerprint density at radius 2 is 1.66 bits per heavy atom. The van der Waals surface area contributed by atoms with Crippen LogP contribution in [-0.4, -0.2) is 45.5 Å². The first kappa shape index (κ1) is 32.5. The van der Waals surface area contributed by atoms with E-state index in [1.54, 1.807) is 6.92 Å². The van der Waals surface area contributed by atoms with E-state index in [1.807, 2.05) is 18.1 Å². The molecule has 3 N–H and O–H groups in total. The molecule has 216 valence electrons. The predicted molar refractivity (Wildman–Crippen MR) is 135 cm³/mol. The quantitative estimate of drug-likeness (QED) is 0.249. The molecule has 1 unspecified atom stereocenters. The standard InChI is InChI=1S/C29H40F6O3/c1-18(9-8-13-27(38,28(30,31)32)29(33,34)35)15-19(2)26(6)14-12-22(25(26,4)5)11-7-10-21-16-23(36)17-24(37)20(21)3/h7,10-11,18-19,22-24,36-38H,3,9,12,14-17H2,1-2,4-6H3/b11-7+,21-10-/t18?,19-,22+,23+,24-,26+/m0/s1. The molecule has 2 saturated carbocycles. The molecule has 0 aromatic rings. The third kappa shape index (κ3) is 6.51. The highest BCUT2D eigenvalue weighted by molar-refractivity contribution is 5.37. The lowest BCUT2D eigenvalue weighted by Gasteiger charge is -2.46. The van der Waals surface area contributed by atoms with Crippen molar-refractivity contribution in [3.8, 4) is 11.8 Å². The molecular weight excluding hydrogens is 510 g/mol. The van der Waals surface area contributed by atoms with Crippen LogP contribution in [0.2, 0.25) is 0 Å². The van der Waals surface area contributed by atoms with E-state index in [-0.39, 0.29) is 41.4 Å². The van der Waals surface area contributed by atoms with Crippen LogP contribution in [0.5, 0.6) is 0 Å². The third-order valence-electron chi connectivity index (χ3n) is 9.16. The summed E-state index contributed by atoms with van der Waals surface area (Å²) in [6.07, 6.45) is -4.43. The second-order valence-corrected chi connectivity index (χ2v) is 11.9. The molecule has 9 heteroatoms. The molecule has 0 heterocycles. The molecule has 2 rings (SSSR count). The van der Waals surface area contributed by atoms with E-state index in [2.05, 4.69) is 40.3 Å². The first-order valence-corrected chi connectivity index (χ1v) is 13.0. The molecule has 0 saturated heterocycles. The lowest BCUT2D eigenvalue weighted by Crippen LogP contribution is -2.55. The molecule has 0 aromatic carbocycles. The van der Waals surface area contributed by atoms with E-state index in [1.165, 1.54) is 0 Å². The van der Waals surface area contributed by atoms with Crippen molar-refractivity contribution in [2.24, 2.45) is 28.6 Å². The minimum Gasteiger partial charge on any atom is -0.393 e. The van der Waals surface area contributed by atoms with Crippen LogP contribution < -0.4 is 0 Å². The van der Waals surface area contributed by atoms with Gasteiger partial charge in [0.25, 0.3) is 0 Å². The number of alkyl halides is 6. The number of allylic oxidation sites excluding steroid dienone is 3. The molecule has 3 nitrogen and oxygen atoms in total. The maximum absolute atomic E-state index is 12.9. The Labute approximate surface area is 221 Å². The largest absolute Gasteiger partial charge is 0.438 e. The van der Waals surface area contributed by atoms with Gasteiger partial charge in [0.15, 0.2) is 0 Å². The van der Waals surface area contributed by atoms with Crippen molar-refractivity contribution in [1.29, 1.82) is 0 Å². The van der Waals surface area contributed by atoms with Crippen molar-refractivity contribution in [3.05, 3.63) is 36.0 Å². The average Bonchev–Trinajstić information content (AvgIpc) is 2.99. The summed E-state index contributed by atoms with van der Waals surface area (Å²) in [5.41, 5.74) is -3.90. The molecule has 38 heavy (non-hydrogen) atoms. The first-order chi connectivity index (χ1) is 17.2. The molecule has 0 amide bonds. The summed E-state index contributed by atoms with van der Waals surface area (Å²) in [5, 5.41) is 29.2. The van der Waals surface area contributed by atoms with Crippen LogP contribution >= 0.6 is 0 Å². The zero-order valence-electron chi connectivity index (χ0n) is 22.7. The van der Waals surface area contributed by atoms with Gasteiger partial charge in [-0.2, -0.15) is 26.3 Å². The van der Waals surface area contributed by atoms with E-state index in [0.29, 0.717) is 18.4 Å². The van der Waals surface area contributed by atoms with Crippen molar-refractivity contribution in [2.75, 3.05) is 0 Å². The third-order valence-corrected chi connectivity index (χ3v) is 9.16. The number of rotatable bonds is 6. The summed E-state index contributed by atoms with van der Waals surface area (Å²) in [6, 6.07) is 0. The minimum absolute atomic E-state index is 0.110. The van der Waals surface area contributed by atoms with Crippen LogP contribution in [0.4, 0.5) is 26.3 Å². The highest BCUT2D eigenvalue weighted by Crippen LogP contribution is 2.61. The summed E-state index contributed by atoms with van der Waals surface area (Å²) in [5.74, 6) is 3.05. The average molecular weight is 551 g/mol. The topological polar surface area (TPSA) is 60.7 Å². The highest BCUT2D eigenvalue weighted by atomic mass is 19.4. The minimum atomic E-state index is -5.95. The van der Waals surface area contributed by atoms with E-state index >= 15 is 0 Å². The van der Waals surface area contributed by atoms with Gasteiger partial charge in [0.2, 0.25) is 0 Å². The van der Waals surface area contributed by atoms with Gasteiger partial charge in [0.05, 0.1) is 12.2 Å². The molecule has 2 fully saturated rings. The fourth-order valence-electron chi connectivity index (χ4n) is 5.95. The van der Waals surface area contributed by atoms with Gasteiger partial charge in [-0.3, -0.25) is 0 Å². The summed E-state index contributed by atoms with van der Waals surface area (Å²) in [6.45, 7) is 14.2. The van der Waals surface area contributed by atoms with Gasteiger partial charge in [0.1, 0.15) is 0 Å². The van der Waals surface area contributed by atoms with Crippen LogP contribution in [0.25, 0.3) is 0 Å². The van der Waals surface area contributed by atoms with E-state index in [4.69, 9.17) is 0 Å². The molecule has 0 aliphatic heterocycles. The molecular formula is C29H40F6O3. The van der Waals surface area contributed by atoms with E-state index in [9.17, 15) is 41.7 Å². The Morgan fingerprint density at radius 3 is 2.21 bits per heavy atom. The Hall–Kier alpha value is -1.76. The van der Waals surface area contributed by atoms with Crippen LogP contribution in [0, 0.1) is 40.4 Å². The molecule has 2 aliphatic rings. The zero-order valence-corrected chi connectivity index (χ0v) is 22.7. The molecule has 2 aliphatic carbocycles. The second-order valence-electron chi connectivity index (χ2n) is 11.9. The number of halogens is 6. The van der Waals surface area contributed by atoms with Gasteiger partial charge in [-0.25, -0.2) is 0 Å². The van der Waals surface area contributed by atoms with Crippen molar-refractivity contribution in [1.82, 2.24) is 0 Å². The Bertz CT molecular complexity index is 967. The monoisotopic (exact) mass is 550 g/mol. The second kappa shape index (κ2) is 11.4. The maximum atomic E-state index is 12.9. The van der Waals surface area contributed by atoms with Gasteiger partial charge in [-0.05, 0) is 71.3 Å². The summed E-state index contributed by atoms with van der Waals surface area (Å²) < 4.78 is 77.1. The van der Waals surface area contributed by atoms with Crippen molar-refractivity contribution in [2.45, 2.75) is 103 Å². The van der Waals surface area contributed by atoms with E-state index < -0.39 is 30.2 Å². The van der Waals surface area contributed by atoms with Gasteiger partial charge >= 0.3 is 18.0 Å². The fraction of sp³-hybridized carbons (Fsp3) is 0.724. The predicted octanol–water partition coefficient (Wildman–Crippen LogP) is 6.89. The Balaban J connectivity index is 2.09. The molecule has 0 spiro atoms. The van der Waals surface area contributed by atoms with Crippen molar-refractivity contribution < 1.29 is 41.7 Å². The van der Waals surface area contributed by atoms with Crippen LogP contribution in [-0.2, 0) is 0 Å². The lowest BCUT2D eigenvalue weighted by molar-refractivity contribution is -0.343. The normalized spacial score (nSPS) is 31.4. The van der Waals surface area contributed by atoms with Crippen molar-refractivity contribution in [3.63, 3.8) is 0 Å². The van der Waals surface area contributed by atoms with Gasteiger partial charge in [0, 0.05) is 12.8 Å². The number of aliphatic hydroxyl groups is 3. The molecule has 6 atom stereocenters. The Morgan fingerprint density at radius 1 is 1.08 bits per heavy atom. The summed E-state index contributed by atoms with van der Waals surface area (Å²) in [7, 11) is 0. The number of hydrogen-bond donors (Lipinski definition) is 3. The van der Waals surface area contributed by atoms with E-state index in [0.717, 1.165) is 24.3 Å². The Kier molecular flexibility index (Phi) is 9.72. The first-order valence-electron chi connectivity index (χ1n) is 13.0. The van der Waals surface area contributed by atoms with Crippen LogP contribution in [0.1, 0.15) is 73.1 Å². The summed E-state index contributed by atoms with van der Waals surface area (Å²) >= 11 is 0. The molecule has 0 bridgehead atoms. The summed E-state index contributed by atoms with van der Waals surface area (Å²) in [4.78, 5) is 0. The smallest absolute Gasteiger partial charge is 0.393 e. The van der Waals surface area contributed by atoms with Gasteiger partial charge in [-0.1, -0.05) is 65.3 Å². The van der Waals surface area contributed by atoms with Gasteiger partial charge < -0.3 is 15.3 Å². The fourth-order valence-corrected chi connectivity index (χ4v) is 5.95. The van der Waals surface area contributed by atoms with Crippen LogP contribution in [0.3, 0.4) is 0 Å². The van der Waals surface area contributed by atoms with Crippen LogP contribution in [0.15, 0.2) is 36.0 Å². The molecule has 0 radical (unpaired) electrons. The van der Waals surface area contributed by atoms with Crippen molar-refractivity contribution >= 4 is 0 Å². The highest BCUT2D eigenvalue weighted by Gasteiger charge is 2.70. The lowest BCUT2D eigenvalue weighted by atomic mass is 9.58. The number of hydrogen-bond acceptors (Lipinski definition) is 3. The maximum Gasteiger partial charge on any atom is 0.438 e.